The molecular formula is C8H11N3OS. The molecule has 0 bridgehead atoms. The highest BCUT2D eigenvalue weighted by Gasteiger charge is 2.12. The number of nitrogens with zero attached hydrogens (tertiary/aromatic N) is 2. The normalized spacial score (nSPS) is 10.0. The van der Waals surface area contributed by atoms with Crippen molar-refractivity contribution in [1.29, 1.82) is 0 Å². The van der Waals surface area contributed by atoms with Gasteiger partial charge in [-0.3, -0.25) is 4.79 Å². The van der Waals surface area contributed by atoms with Crippen LogP contribution in [0.3, 0.4) is 0 Å². The highest BCUT2D eigenvalue weighted by molar-refractivity contribution is 7.99. The monoisotopic (exact) mass is 197 g/mol. The number of aryl methyl sites for hydroxylation is 1. The average Bonchev–Trinajstić information content (AvgIpc) is 2.04. The molecule has 0 saturated carbocycles. The minimum Gasteiger partial charge on any atom is -0.365 e. The van der Waals surface area contributed by atoms with Crippen LogP contribution >= 0.6 is 11.8 Å². The standard InChI is InChI=1S/C8H11N3OS/c1-3-13-8-6(7(9)12)5(2)10-4-11-8/h4H,3H2,1-2H3,(H2,9,12). The first-order valence-electron chi connectivity index (χ1n) is 3.91. The molecule has 0 saturated heterocycles. The lowest BCUT2D eigenvalue weighted by Gasteiger charge is -2.05. The van der Waals surface area contributed by atoms with Crippen molar-refractivity contribution in [3.63, 3.8) is 0 Å². The summed E-state index contributed by atoms with van der Waals surface area (Å²) in [5.41, 5.74) is 6.29. The maximum Gasteiger partial charge on any atom is 0.253 e. The molecule has 0 aliphatic rings. The molecule has 0 aliphatic carbocycles. The van der Waals surface area contributed by atoms with E-state index in [4.69, 9.17) is 5.73 Å². The van der Waals surface area contributed by atoms with E-state index >= 15 is 0 Å². The summed E-state index contributed by atoms with van der Waals surface area (Å²) in [4.78, 5) is 19.0. The summed E-state index contributed by atoms with van der Waals surface area (Å²) >= 11 is 1.49. The molecule has 2 N–H and O–H groups in total. The quantitative estimate of drug-likeness (QED) is 0.579. The maximum absolute atomic E-state index is 11.0. The number of carbonyl (C=O) groups is 1. The molecule has 0 aromatic carbocycles. The van der Waals surface area contributed by atoms with E-state index in [0.29, 0.717) is 16.3 Å². The molecule has 70 valence electrons. The van der Waals surface area contributed by atoms with Crippen molar-refractivity contribution < 1.29 is 4.79 Å². The minimum absolute atomic E-state index is 0.439. The molecule has 0 spiro atoms. The van der Waals surface area contributed by atoms with Crippen LogP contribution < -0.4 is 5.73 Å². The second-order valence-corrected chi connectivity index (χ2v) is 3.69. The Hall–Kier alpha value is -1.10. The third-order valence-electron chi connectivity index (χ3n) is 1.53. The van der Waals surface area contributed by atoms with Crippen LogP contribution in [0.15, 0.2) is 11.4 Å². The van der Waals surface area contributed by atoms with Crippen LogP contribution in [0, 0.1) is 6.92 Å². The summed E-state index contributed by atoms with van der Waals surface area (Å²) in [5, 5.41) is 0.669. The van der Waals surface area contributed by atoms with E-state index in [2.05, 4.69) is 9.97 Å². The van der Waals surface area contributed by atoms with Crippen molar-refractivity contribution >= 4 is 17.7 Å². The molecule has 0 radical (unpaired) electrons. The van der Waals surface area contributed by atoms with Gasteiger partial charge in [0.25, 0.3) is 5.91 Å². The van der Waals surface area contributed by atoms with Crippen LogP contribution in [0.4, 0.5) is 0 Å². The fraction of sp³-hybridized carbons (Fsp3) is 0.375. The summed E-state index contributed by atoms with van der Waals surface area (Å²) in [6.45, 7) is 3.74. The number of carbonyl (C=O) groups excluding carboxylic acids is 1. The van der Waals surface area contributed by atoms with Crippen molar-refractivity contribution in [3.05, 3.63) is 17.6 Å². The molecule has 0 unspecified atom stereocenters. The predicted octanol–water partition coefficient (Wildman–Crippen LogP) is 0.996. The lowest BCUT2D eigenvalue weighted by molar-refractivity contribution is 0.0995. The van der Waals surface area contributed by atoms with Gasteiger partial charge in [0.2, 0.25) is 0 Å². The molecule has 0 fully saturated rings. The van der Waals surface area contributed by atoms with Crippen LogP contribution in [0.1, 0.15) is 23.0 Å². The van der Waals surface area contributed by atoms with Gasteiger partial charge in [-0.1, -0.05) is 6.92 Å². The highest BCUT2D eigenvalue weighted by Crippen LogP contribution is 2.20. The molecule has 1 heterocycles. The van der Waals surface area contributed by atoms with Crippen LogP contribution in [0.2, 0.25) is 0 Å². The van der Waals surface area contributed by atoms with E-state index in [1.165, 1.54) is 18.1 Å². The van der Waals surface area contributed by atoms with Gasteiger partial charge in [-0.05, 0) is 12.7 Å². The van der Waals surface area contributed by atoms with Crippen molar-refractivity contribution in [3.8, 4) is 0 Å². The zero-order valence-electron chi connectivity index (χ0n) is 7.57. The van der Waals surface area contributed by atoms with Gasteiger partial charge in [0, 0.05) is 0 Å². The van der Waals surface area contributed by atoms with E-state index in [1.54, 1.807) is 6.92 Å². The predicted molar refractivity (Wildman–Crippen MR) is 51.7 cm³/mol. The molecule has 0 aliphatic heterocycles. The number of nitrogens with two attached hydrogens (primary N) is 1. The van der Waals surface area contributed by atoms with Gasteiger partial charge in [-0.2, -0.15) is 0 Å². The number of hydrogen-bond donors (Lipinski definition) is 1. The molecule has 1 amide bonds. The van der Waals surface area contributed by atoms with Crippen LogP contribution in [-0.4, -0.2) is 21.6 Å². The topological polar surface area (TPSA) is 68.9 Å². The van der Waals surface area contributed by atoms with E-state index in [9.17, 15) is 4.79 Å². The lowest BCUT2D eigenvalue weighted by atomic mass is 10.2. The number of hydrogen-bond acceptors (Lipinski definition) is 4. The Morgan fingerprint density at radius 1 is 1.62 bits per heavy atom. The van der Waals surface area contributed by atoms with Gasteiger partial charge in [0.05, 0.1) is 11.3 Å². The van der Waals surface area contributed by atoms with Crippen LogP contribution in [0.5, 0.6) is 0 Å². The number of rotatable bonds is 3. The van der Waals surface area contributed by atoms with Crippen molar-refractivity contribution in [2.75, 3.05) is 5.75 Å². The second-order valence-electron chi connectivity index (χ2n) is 2.44. The van der Waals surface area contributed by atoms with Gasteiger partial charge in [-0.15, -0.1) is 11.8 Å². The first kappa shape index (κ1) is 9.98. The molecule has 0 atom stereocenters. The van der Waals surface area contributed by atoms with E-state index < -0.39 is 5.91 Å². The number of thioether (sulfide) groups is 1. The lowest BCUT2D eigenvalue weighted by Crippen LogP contribution is -2.15. The molecule has 1 aromatic heterocycles. The highest BCUT2D eigenvalue weighted by atomic mass is 32.2. The molecule has 5 heteroatoms. The molecule has 1 rings (SSSR count). The van der Waals surface area contributed by atoms with Crippen LogP contribution in [0.25, 0.3) is 0 Å². The average molecular weight is 197 g/mol. The minimum atomic E-state index is -0.464. The third kappa shape index (κ3) is 2.18. The molecule has 13 heavy (non-hydrogen) atoms. The first-order valence-corrected chi connectivity index (χ1v) is 4.89. The Labute approximate surface area is 81.0 Å². The fourth-order valence-corrected chi connectivity index (χ4v) is 1.77. The number of primary amides is 1. The summed E-state index contributed by atoms with van der Waals surface area (Å²) in [6, 6.07) is 0. The second kappa shape index (κ2) is 4.23. The van der Waals surface area contributed by atoms with Gasteiger partial charge in [0.15, 0.2) is 0 Å². The summed E-state index contributed by atoms with van der Waals surface area (Å²) < 4.78 is 0. The first-order chi connectivity index (χ1) is 6.16. The van der Waals surface area contributed by atoms with Crippen molar-refractivity contribution in [2.45, 2.75) is 18.9 Å². The van der Waals surface area contributed by atoms with E-state index in [1.807, 2.05) is 6.92 Å². The summed E-state index contributed by atoms with van der Waals surface area (Å²) in [6.07, 6.45) is 1.44. The Morgan fingerprint density at radius 2 is 2.31 bits per heavy atom. The van der Waals surface area contributed by atoms with E-state index in [0.717, 1.165) is 5.75 Å². The Kier molecular flexibility index (Phi) is 3.25. The van der Waals surface area contributed by atoms with Crippen molar-refractivity contribution in [1.82, 2.24) is 9.97 Å². The summed E-state index contributed by atoms with van der Waals surface area (Å²) in [5.74, 6) is 0.394. The van der Waals surface area contributed by atoms with Gasteiger partial charge in [-0.25, -0.2) is 9.97 Å². The van der Waals surface area contributed by atoms with Crippen LogP contribution in [-0.2, 0) is 0 Å². The smallest absolute Gasteiger partial charge is 0.253 e. The molecule has 4 nitrogen and oxygen atoms in total. The van der Waals surface area contributed by atoms with Gasteiger partial charge in [0.1, 0.15) is 11.4 Å². The number of amides is 1. The summed E-state index contributed by atoms with van der Waals surface area (Å²) in [7, 11) is 0. The Morgan fingerprint density at radius 3 is 2.85 bits per heavy atom. The van der Waals surface area contributed by atoms with Gasteiger partial charge < -0.3 is 5.73 Å². The molecular weight excluding hydrogens is 186 g/mol. The maximum atomic E-state index is 11.0. The molecule has 1 aromatic rings. The fourth-order valence-electron chi connectivity index (χ4n) is 0.982. The Balaban J connectivity index is 3.17. The zero-order valence-corrected chi connectivity index (χ0v) is 8.39. The van der Waals surface area contributed by atoms with Crippen molar-refractivity contribution in [2.24, 2.45) is 5.73 Å². The zero-order chi connectivity index (χ0) is 9.84. The number of aromatic nitrogens is 2. The third-order valence-corrected chi connectivity index (χ3v) is 2.40. The largest absolute Gasteiger partial charge is 0.365 e. The van der Waals surface area contributed by atoms with Gasteiger partial charge >= 0.3 is 0 Å². The SMILES string of the molecule is CCSc1ncnc(C)c1C(N)=O. The Bertz CT molecular complexity index is 327. The van der Waals surface area contributed by atoms with E-state index in [-0.39, 0.29) is 0 Å².